The number of nitrogens with zero attached hydrogens (tertiary/aromatic N) is 3. The molecule has 0 aliphatic carbocycles. The molecule has 0 amide bonds. The Kier molecular flexibility index (Phi) is 4.18. The molecule has 0 spiro atoms. The molecule has 0 saturated carbocycles. The number of benzene rings is 1. The van der Waals surface area contributed by atoms with E-state index < -0.39 is 17.5 Å². The summed E-state index contributed by atoms with van der Waals surface area (Å²) >= 11 is 6.09. The maximum Gasteiger partial charge on any atom is 0.375 e. The summed E-state index contributed by atoms with van der Waals surface area (Å²) in [5.74, 6) is -2.09. The maximum atomic E-state index is 12.0. The third-order valence-corrected chi connectivity index (χ3v) is 2.83. The lowest BCUT2D eigenvalue weighted by atomic mass is 10.1. The van der Waals surface area contributed by atoms with Gasteiger partial charge in [0.25, 0.3) is 5.82 Å². The first-order chi connectivity index (χ1) is 10.2. The second kappa shape index (κ2) is 5.76. The lowest BCUT2D eigenvalue weighted by molar-refractivity contribution is 0.00696. The standard InChI is InChI=1S/C14H14ClN3O4/c1-14(2,3)22-13(21)9-5-4-8(6-10(9)15)18-7-16-11(17-18)12(19)20/h4-7H,1-3H3,(H,19,20). The largest absolute Gasteiger partial charge is 0.475 e. The second-order valence-corrected chi connectivity index (χ2v) is 5.89. The van der Waals surface area contributed by atoms with Crippen LogP contribution in [0.25, 0.3) is 5.69 Å². The highest BCUT2D eigenvalue weighted by Gasteiger charge is 2.20. The van der Waals surface area contributed by atoms with Gasteiger partial charge in [-0.2, -0.15) is 0 Å². The minimum absolute atomic E-state index is 0.180. The number of hydrogen-bond donors (Lipinski definition) is 1. The van der Waals surface area contributed by atoms with Crippen molar-refractivity contribution in [2.45, 2.75) is 26.4 Å². The quantitative estimate of drug-likeness (QED) is 0.872. The highest BCUT2D eigenvalue weighted by Crippen LogP contribution is 2.22. The molecule has 1 aromatic heterocycles. The summed E-state index contributed by atoms with van der Waals surface area (Å²) in [5, 5.41) is 12.8. The molecule has 0 radical (unpaired) electrons. The van der Waals surface area contributed by atoms with Crippen molar-refractivity contribution in [3.8, 4) is 5.69 Å². The molecule has 0 fully saturated rings. The van der Waals surface area contributed by atoms with E-state index in [9.17, 15) is 9.59 Å². The van der Waals surface area contributed by atoms with E-state index >= 15 is 0 Å². The molecule has 1 aromatic carbocycles. The first-order valence-electron chi connectivity index (χ1n) is 6.35. The van der Waals surface area contributed by atoms with Gasteiger partial charge in [0.15, 0.2) is 0 Å². The van der Waals surface area contributed by atoms with Crippen LogP contribution >= 0.6 is 11.6 Å². The van der Waals surface area contributed by atoms with Crippen LogP contribution in [0.1, 0.15) is 41.7 Å². The SMILES string of the molecule is CC(C)(C)OC(=O)c1ccc(-n2cnc(C(=O)O)n2)cc1Cl. The number of carboxylic acids is 1. The fourth-order valence-electron chi connectivity index (χ4n) is 1.63. The van der Waals surface area contributed by atoms with Crippen LogP contribution in [-0.2, 0) is 4.74 Å². The van der Waals surface area contributed by atoms with Crippen molar-refractivity contribution in [1.82, 2.24) is 14.8 Å². The topological polar surface area (TPSA) is 94.3 Å². The second-order valence-electron chi connectivity index (χ2n) is 5.48. The van der Waals surface area contributed by atoms with Crippen molar-refractivity contribution in [3.63, 3.8) is 0 Å². The van der Waals surface area contributed by atoms with Gasteiger partial charge in [-0.3, -0.25) is 0 Å². The Labute approximate surface area is 131 Å². The Hall–Kier alpha value is -2.41. The Morgan fingerprint density at radius 3 is 2.50 bits per heavy atom. The summed E-state index contributed by atoms with van der Waals surface area (Å²) in [4.78, 5) is 26.4. The molecule has 7 nitrogen and oxygen atoms in total. The molecule has 0 unspecified atom stereocenters. The predicted octanol–water partition coefficient (Wildman–Crippen LogP) is 2.57. The summed E-state index contributed by atoms with van der Waals surface area (Å²) in [6.07, 6.45) is 1.25. The lowest BCUT2D eigenvalue weighted by Crippen LogP contribution is -2.24. The van der Waals surface area contributed by atoms with Crippen LogP contribution in [-0.4, -0.2) is 37.4 Å². The van der Waals surface area contributed by atoms with E-state index in [2.05, 4.69) is 10.1 Å². The number of aromatic carboxylic acids is 1. The van der Waals surface area contributed by atoms with Crippen molar-refractivity contribution in [1.29, 1.82) is 0 Å². The first kappa shape index (κ1) is 16.0. The lowest BCUT2D eigenvalue weighted by Gasteiger charge is -2.20. The molecule has 0 atom stereocenters. The van der Waals surface area contributed by atoms with Gasteiger partial charge in [-0.15, -0.1) is 5.10 Å². The minimum Gasteiger partial charge on any atom is -0.475 e. The average Bonchev–Trinajstić information content (AvgIpc) is 2.85. The van der Waals surface area contributed by atoms with E-state index in [1.54, 1.807) is 26.8 Å². The van der Waals surface area contributed by atoms with Crippen molar-refractivity contribution >= 4 is 23.5 Å². The molecule has 1 N–H and O–H groups in total. The number of esters is 1. The van der Waals surface area contributed by atoms with Crippen LogP contribution in [0.5, 0.6) is 0 Å². The fraction of sp³-hybridized carbons (Fsp3) is 0.286. The smallest absolute Gasteiger partial charge is 0.375 e. The van der Waals surface area contributed by atoms with E-state index in [-0.39, 0.29) is 16.4 Å². The number of aromatic nitrogens is 3. The Morgan fingerprint density at radius 1 is 1.32 bits per heavy atom. The molecule has 116 valence electrons. The molecular formula is C14H14ClN3O4. The van der Waals surface area contributed by atoms with Gasteiger partial charge in [-0.1, -0.05) is 11.6 Å². The Morgan fingerprint density at radius 2 is 2.00 bits per heavy atom. The number of carboxylic acid groups (broad SMARTS) is 1. The van der Waals surface area contributed by atoms with E-state index in [0.717, 1.165) is 0 Å². The fourth-order valence-corrected chi connectivity index (χ4v) is 1.88. The number of hydrogen-bond acceptors (Lipinski definition) is 5. The average molecular weight is 324 g/mol. The summed E-state index contributed by atoms with van der Waals surface area (Å²) in [6, 6.07) is 4.56. The van der Waals surface area contributed by atoms with Crippen molar-refractivity contribution < 1.29 is 19.4 Å². The monoisotopic (exact) mass is 323 g/mol. The first-order valence-corrected chi connectivity index (χ1v) is 6.73. The molecule has 0 aliphatic rings. The zero-order valence-electron chi connectivity index (χ0n) is 12.2. The zero-order chi connectivity index (χ0) is 16.5. The Balaban J connectivity index is 2.29. The molecule has 0 bridgehead atoms. The number of rotatable bonds is 3. The zero-order valence-corrected chi connectivity index (χ0v) is 13.0. The van der Waals surface area contributed by atoms with Gasteiger partial charge in [0, 0.05) is 0 Å². The van der Waals surface area contributed by atoms with Gasteiger partial charge in [-0.25, -0.2) is 19.3 Å². The number of carbonyl (C=O) groups excluding carboxylic acids is 1. The molecule has 8 heteroatoms. The molecule has 2 rings (SSSR count). The van der Waals surface area contributed by atoms with Crippen LogP contribution in [0.15, 0.2) is 24.5 Å². The van der Waals surface area contributed by atoms with Crippen LogP contribution in [0.3, 0.4) is 0 Å². The van der Waals surface area contributed by atoms with Crippen LogP contribution < -0.4 is 0 Å². The molecule has 22 heavy (non-hydrogen) atoms. The van der Waals surface area contributed by atoms with Gasteiger partial charge in [-0.05, 0) is 39.0 Å². The molecule has 2 aromatic rings. The molecule has 0 saturated heterocycles. The molecule has 1 heterocycles. The normalized spacial score (nSPS) is 11.3. The molecular weight excluding hydrogens is 310 g/mol. The summed E-state index contributed by atoms with van der Waals surface area (Å²) in [7, 11) is 0. The minimum atomic E-state index is -1.23. The predicted molar refractivity (Wildman–Crippen MR) is 78.5 cm³/mol. The van der Waals surface area contributed by atoms with E-state index in [1.165, 1.54) is 23.1 Å². The van der Waals surface area contributed by atoms with Crippen LogP contribution in [0, 0.1) is 0 Å². The maximum absolute atomic E-state index is 12.0. The van der Waals surface area contributed by atoms with Crippen molar-refractivity contribution in [2.24, 2.45) is 0 Å². The third-order valence-electron chi connectivity index (χ3n) is 2.52. The van der Waals surface area contributed by atoms with Gasteiger partial charge < -0.3 is 9.84 Å². The summed E-state index contributed by atoms with van der Waals surface area (Å²) in [6.45, 7) is 5.28. The highest BCUT2D eigenvalue weighted by molar-refractivity contribution is 6.33. The van der Waals surface area contributed by atoms with Gasteiger partial charge in [0.2, 0.25) is 0 Å². The third kappa shape index (κ3) is 3.62. The van der Waals surface area contributed by atoms with Gasteiger partial charge in [0.05, 0.1) is 16.3 Å². The van der Waals surface area contributed by atoms with Crippen LogP contribution in [0.4, 0.5) is 0 Å². The van der Waals surface area contributed by atoms with Gasteiger partial charge >= 0.3 is 11.9 Å². The summed E-state index contributed by atoms with van der Waals surface area (Å²) in [5.41, 5.74) is 0.0812. The Bertz CT molecular complexity index is 734. The van der Waals surface area contributed by atoms with E-state index in [1.807, 2.05) is 0 Å². The summed E-state index contributed by atoms with van der Waals surface area (Å²) < 4.78 is 6.51. The van der Waals surface area contributed by atoms with E-state index in [0.29, 0.717) is 5.69 Å². The van der Waals surface area contributed by atoms with Crippen molar-refractivity contribution in [2.75, 3.05) is 0 Å². The van der Waals surface area contributed by atoms with E-state index in [4.69, 9.17) is 21.4 Å². The molecule has 0 aliphatic heterocycles. The van der Waals surface area contributed by atoms with Gasteiger partial charge in [0.1, 0.15) is 11.9 Å². The number of halogens is 1. The highest BCUT2D eigenvalue weighted by atomic mass is 35.5. The van der Waals surface area contributed by atoms with Crippen molar-refractivity contribution in [3.05, 3.63) is 40.9 Å². The number of ether oxygens (including phenoxy) is 1. The van der Waals surface area contributed by atoms with Crippen LogP contribution in [0.2, 0.25) is 5.02 Å². The number of carbonyl (C=O) groups is 2.